The fourth-order valence-corrected chi connectivity index (χ4v) is 22.8. The fourth-order valence-electron chi connectivity index (χ4n) is 22.8. The first-order chi connectivity index (χ1) is 63.4. The second-order valence-electron chi connectivity index (χ2n) is 34.6. The molecule has 28 rings (SSSR count). The lowest BCUT2D eigenvalue weighted by atomic mass is 9.65. The Kier molecular flexibility index (Phi) is 14.8. The molecule has 8 heteroatoms. The third-order valence-corrected chi connectivity index (χ3v) is 28.2. The third kappa shape index (κ3) is 9.88. The summed E-state index contributed by atoms with van der Waals surface area (Å²) in [6.07, 6.45) is 0. The summed E-state index contributed by atoms with van der Waals surface area (Å²) in [6, 6.07) is 157. The summed E-state index contributed by atoms with van der Waals surface area (Å²) in [6.45, 7) is 0. The van der Waals surface area contributed by atoms with Gasteiger partial charge >= 0.3 is 0 Å². The van der Waals surface area contributed by atoms with E-state index in [9.17, 15) is 0 Å². The van der Waals surface area contributed by atoms with Crippen LogP contribution in [0.4, 0.5) is 0 Å². The van der Waals surface area contributed by atoms with Crippen LogP contribution in [0.2, 0.25) is 0 Å². The van der Waals surface area contributed by atoms with Crippen molar-refractivity contribution in [1.29, 1.82) is 0 Å². The van der Waals surface area contributed by atoms with Gasteiger partial charge in [0.15, 0.2) is 34.9 Å². The molecule has 0 bridgehead atoms. The number of aromatic nitrogens is 8. The monoisotopic (exact) mass is 1620 g/mol. The smallest absolute Gasteiger partial charge is 0.164 e. The average molecular weight is 1620 g/mol. The van der Waals surface area contributed by atoms with Gasteiger partial charge in [0.1, 0.15) is 0 Å². The summed E-state index contributed by atoms with van der Waals surface area (Å²) in [4.78, 5) is 32.1. The molecule has 0 saturated heterocycles. The molecule has 2 aliphatic heterocycles. The molecule has 2 aliphatic carbocycles. The SMILES string of the molecule is c1cc(-c2ccc3c(c2)C2(c4ccccc4-3)c3ccccc3-n3c4ccc(-c5ccc6c(c5)-c5ccccc5C65c6ccc(-c7ccc(-c8nc(-c9cccc%10ccccc9%10)nc(-c9cccc%10ccccc9%10)n8)cc7)cc6-n6c7ccccc7c7cccc5c76)cc4c4cccc2c43)cc(-c2nc(-c3cccc4ccccc34)nc(-c3cccc4ccccc34)n2)c1. The molecule has 24 aromatic rings. The number of hydrogen-bond donors (Lipinski definition) is 0. The lowest BCUT2D eigenvalue weighted by Crippen LogP contribution is -2.33. The van der Waals surface area contributed by atoms with Crippen LogP contribution in [0.3, 0.4) is 0 Å². The maximum Gasteiger partial charge on any atom is 0.164 e. The van der Waals surface area contributed by atoms with E-state index < -0.39 is 10.8 Å². The minimum Gasteiger partial charge on any atom is -0.309 e. The van der Waals surface area contributed by atoms with Crippen LogP contribution in [0.1, 0.15) is 44.5 Å². The van der Waals surface area contributed by atoms with Crippen LogP contribution in [-0.2, 0) is 10.8 Å². The molecule has 20 aromatic carbocycles. The predicted octanol–water partition coefficient (Wildman–Crippen LogP) is 29.2. The average Bonchev–Trinajstić information content (AvgIpc) is 1.50. The highest BCUT2D eigenvalue weighted by Crippen LogP contribution is 2.64. The van der Waals surface area contributed by atoms with Crippen molar-refractivity contribution in [2.45, 2.75) is 10.8 Å². The number of rotatable bonds is 9. The van der Waals surface area contributed by atoms with E-state index in [0.29, 0.717) is 34.9 Å². The topological polar surface area (TPSA) is 87.2 Å². The van der Waals surface area contributed by atoms with E-state index in [-0.39, 0.29) is 0 Å². The Labute approximate surface area is 736 Å². The largest absolute Gasteiger partial charge is 0.309 e. The first kappa shape index (κ1) is 70.6. The molecular formula is C120H70N8. The first-order valence-corrected chi connectivity index (χ1v) is 44.0. The van der Waals surface area contributed by atoms with Crippen molar-refractivity contribution < 1.29 is 0 Å². The fraction of sp³-hybridized carbons (Fsp3) is 0.0167. The minimum atomic E-state index is -0.683. The molecule has 2 spiro atoms. The normalized spacial score (nSPS) is 14.8. The molecule has 4 aliphatic rings. The molecule has 0 amide bonds. The molecule has 2 atom stereocenters. The van der Waals surface area contributed by atoms with Crippen LogP contribution in [0.25, 0.3) is 222 Å². The van der Waals surface area contributed by atoms with Crippen molar-refractivity contribution in [1.82, 2.24) is 39.0 Å². The standard InChI is InChI=1S/C120H70N8/c1-5-34-83-72(24-1)28-18-43-93(83)115-121-113(122-116(125-115)94-44-19-29-73-25-2-6-35-84(73)94)76-56-54-71(55-57-76)81-60-64-103-110(70-81)128-107-52-15-11-40-90(107)91-41-22-50-104(111(91)128)119(103)100-48-13-10-39-88(100)97-67-78(59-63-101(97)119)79-61-65-108-98(68-79)92-42-23-51-105-112(92)127(108)109-53-16-14-49-102(109)120(105)99-47-12-9-38-87(99)89-62-58-80(69-106(89)120)77-32-17-33-82(66-77)114-123-117(95-45-20-30-74-26-3-7-36-85(74)95)126-118(124-114)96-46-21-31-75-27-4-8-37-86(75)96/h1-70H. The molecule has 8 nitrogen and oxygen atoms in total. The second-order valence-corrected chi connectivity index (χ2v) is 34.6. The number of fused-ring (bicyclic) bond motifs is 28. The summed E-state index contributed by atoms with van der Waals surface area (Å²) in [5.41, 5.74) is 33.2. The molecule has 128 heavy (non-hydrogen) atoms. The van der Waals surface area contributed by atoms with E-state index in [1.807, 2.05) is 0 Å². The molecule has 6 heterocycles. The highest BCUT2D eigenvalue weighted by molar-refractivity contribution is 6.16. The summed E-state index contributed by atoms with van der Waals surface area (Å²) in [7, 11) is 0. The Morgan fingerprint density at radius 1 is 0.156 bits per heavy atom. The molecule has 0 fully saturated rings. The lowest BCUT2D eigenvalue weighted by molar-refractivity contribution is 0.749. The Balaban J connectivity index is 0.568. The van der Waals surface area contributed by atoms with E-state index in [1.54, 1.807) is 0 Å². The molecule has 2 unspecified atom stereocenters. The molecule has 4 aromatic heterocycles. The zero-order valence-corrected chi connectivity index (χ0v) is 69.0. The van der Waals surface area contributed by atoms with Gasteiger partial charge in [0.05, 0.1) is 44.3 Å². The van der Waals surface area contributed by atoms with E-state index in [1.165, 1.54) is 116 Å². The Hall–Kier alpha value is -16.9. The maximum atomic E-state index is 5.40. The van der Waals surface area contributed by atoms with Crippen LogP contribution in [0.5, 0.6) is 0 Å². The summed E-state index contributed by atoms with van der Waals surface area (Å²) < 4.78 is 5.13. The van der Waals surface area contributed by atoms with E-state index in [2.05, 4.69) is 434 Å². The Morgan fingerprint density at radius 3 is 1.09 bits per heavy atom. The quantitative estimate of drug-likeness (QED) is 0.143. The van der Waals surface area contributed by atoms with Gasteiger partial charge in [-0.1, -0.05) is 376 Å². The van der Waals surface area contributed by atoms with Gasteiger partial charge in [0, 0.05) is 54.9 Å². The number of nitrogens with zero attached hydrogens (tertiary/aromatic N) is 8. The van der Waals surface area contributed by atoms with Crippen molar-refractivity contribution in [3.63, 3.8) is 0 Å². The number of benzene rings is 20. The zero-order chi connectivity index (χ0) is 83.6. The summed E-state index contributed by atoms with van der Waals surface area (Å²) in [5.74, 6) is 3.75. The van der Waals surface area contributed by atoms with Gasteiger partial charge in [0.25, 0.3) is 0 Å². The van der Waals surface area contributed by atoms with Gasteiger partial charge in [-0.15, -0.1) is 0 Å². The van der Waals surface area contributed by atoms with Crippen LogP contribution in [-0.4, -0.2) is 39.0 Å². The minimum absolute atomic E-state index is 0.611. The first-order valence-electron chi connectivity index (χ1n) is 44.0. The molecule has 0 radical (unpaired) electrons. The van der Waals surface area contributed by atoms with Crippen molar-refractivity contribution >= 4 is 86.7 Å². The summed E-state index contributed by atoms with van der Waals surface area (Å²) in [5, 5.41) is 13.8. The van der Waals surface area contributed by atoms with Crippen molar-refractivity contribution in [3.05, 3.63) is 469 Å². The van der Waals surface area contributed by atoms with Gasteiger partial charge in [0.2, 0.25) is 0 Å². The molecule has 0 saturated carbocycles. The Bertz CT molecular complexity index is 8780. The van der Waals surface area contributed by atoms with Gasteiger partial charge in [-0.25, -0.2) is 29.9 Å². The van der Waals surface area contributed by atoms with E-state index in [0.717, 1.165) is 116 Å². The highest BCUT2D eigenvalue weighted by atomic mass is 15.1. The second kappa shape index (κ2) is 26.8. The lowest BCUT2D eigenvalue weighted by Gasteiger charge is -2.40. The van der Waals surface area contributed by atoms with Crippen LogP contribution < -0.4 is 0 Å². The van der Waals surface area contributed by atoms with Gasteiger partial charge in [-0.3, -0.25) is 0 Å². The summed E-state index contributed by atoms with van der Waals surface area (Å²) >= 11 is 0. The van der Waals surface area contributed by atoms with Crippen LogP contribution >= 0.6 is 0 Å². The van der Waals surface area contributed by atoms with Gasteiger partial charge in [-0.2, -0.15) is 0 Å². The van der Waals surface area contributed by atoms with Crippen molar-refractivity contribution in [2.24, 2.45) is 0 Å². The zero-order valence-electron chi connectivity index (χ0n) is 69.0. The molecule has 590 valence electrons. The van der Waals surface area contributed by atoms with Crippen molar-refractivity contribution in [3.8, 4) is 135 Å². The molecule has 0 N–H and O–H groups in total. The third-order valence-electron chi connectivity index (χ3n) is 28.2. The van der Waals surface area contributed by atoms with Crippen LogP contribution in [0, 0.1) is 0 Å². The van der Waals surface area contributed by atoms with E-state index >= 15 is 0 Å². The highest BCUT2D eigenvalue weighted by Gasteiger charge is 2.53. The molecular weight excluding hydrogens is 1550 g/mol. The number of hydrogen-bond acceptors (Lipinski definition) is 6. The Morgan fingerprint density at radius 2 is 0.492 bits per heavy atom. The number of para-hydroxylation sites is 4. The van der Waals surface area contributed by atoms with Gasteiger partial charge < -0.3 is 9.13 Å². The van der Waals surface area contributed by atoms with Crippen molar-refractivity contribution in [2.75, 3.05) is 0 Å². The maximum absolute atomic E-state index is 5.40. The van der Waals surface area contributed by atoms with Crippen LogP contribution in [0.15, 0.2) is 425 Å². The van der Waals surface area contributed by atoms with Gasteiger partial charge in [-0.05, 0) is 192 Å². The predicted molar refractivity (Wildman–Crippen MR) is 523 cm³/mol. The van der Waals surface area contributed by atoms with E-state index in [4.69, 9.17) is 29.9 Å².